The Kier molecular flexibility index (Phi) is 5.34. The molecule has 132 valence electrons. The van der Waals surface area contributed by atoms with Crippen LogP contribution in [0.2, 0.25) is 0 Å². The van der Waals surface area contributed by atoms with Gasteiger partial charge in [-0.05, 0) is 54.6 Å². The molecule has 2 aromatic carbocycles. The first-order valence-electron chi connectivity index (χ1n) is 8.14. The van der Waals surface area contributed by atoms with Gasteiger partial charge in [-0.15, -0.1) is 0 Å². The molecule has 1 aromatic heterocycles. The predicted molar refractivity (Wildman–Crippen MR) is 94.2 cm³/mol. The minimum Gasteiger partial charge on any atom is -0.457 e. The van der Waals surface area contributed by atoms with E-state index in [1.807, 2.05) is 0 Å². The van der Waals surface area contributed by atoms with Crippen molar-refractivity contribution in [2.75, 3.05) is 0 Å². The number of hydrogen-bond acceptors (Lipinski definition) is 5. The molecule has 0 radical (unpaired) electrons. The van der Waals surface area contributed by atoms with E-state index in [1.165, 1.54) is 24.4 Å². The first-order valence-corrected chi connectivity index (χ1v) is 8.14. The van der Waals surface area contributed by atoms with Gasteiger partial charge >= 0.3 is 0 Å². The summed E-state index contributed by atoms with van der Waals surface area (Å²) in [5, 5.41) is 10.0. The Morgan fingerprint density at radius 3 is 2.31 bits per heavy atom. The summed E-state index contributed by atoms with van der Waals surface area (Å²) >= 11 is 0. The molecular weight excluding hydrogens is 335 g/mol. The standard InChI is InChI=1S/C20H17FN2O3/c1-2-18(24)19(25)17-11-12-22-20(23-17)13-3-7-15(8-4-13)26-16-9-5-14(21)6-10-16/h3-12,19,25H,2H2,1H3/t19-/m1/s1. The van der Waals surface area contributed by atoms with Crippen LogP contribution >= 0.6 is 0 Å². The monoisotopic (exact) mass is 352 g/mol. The van der Waals surface area contributed by atoms with Crippen LogP contribution in [0.15, 0.2) is 60.8 Å². The van der Waals surface area contributed by atoms with Crippen molar-refractivity contribution in [3.05, 3.63) is 72.3 Å². The number of rotatable bonds is 6. The zero-order valence-electron chi connectivity index (χ0n) is 14.1. The summed E-state index contributed by atoms with van der Waals surface area (Å²) in [7, 11) is 0. The smallest absolute Gasteiger partial charge is 0.167 e. The SMILES string of the molecule is CCC(=O)[C@H](O)c1ccnc(-c2ccc(Oc3ccc(F)cc3)cc2)n1. The van der Waals surface area contributed by atoms with E-state index in [0.29, 0.717) is 17.3 Å². The van der Waals surface area contributed by atoms with Crippen LogP contribution < -0.4 is 4.74 Å². The number of ether oxygens (including phenoxy) is 1. The van der Waals surface area contributed by atoms with Crippen molar-refractivity contribution in [1.29, 1.82) is 0 Å². The van der Waals surface area contributed by atoms with E-state index in [2.05, 4.69) is 9.97 Å². The number of aliphatic hydroxyl groups is 1. The number of benzene rings is 2. The molecule has 0 aliphatic heterocycles. The molecule has 3 rings (SSSR count). The molecule has 0 aliphatic rings. The highest BCUT2D eigenvalue weighted by Gasteiger charge is 2.17. The van der Waals surface area contributed by atoms with Gasteiger partial charge in [-0.25, -0.2) is 14.4 Å². The quantitative estimate of drug-likeness (QED) is 0.723. The molecule has 26 heavy (non-hydrogen) atoms. The lowest BCUT2D eigenvalue weighted by Gasteiger charge is -2.09. The van der Waals surface area contributed by atoms with E-state index in [-0.39, 0.29) is 23.7 Å². The number of Topliss-reactive ketones (excluding diaryl/α,β-unsaturated/α-hetero) is 1. The van der Waals surface area contributed by atoms with Crippen molar-refractivity contribution >= 4 is 5.78 Å². The Balaban J connectivity index is 1.78. The lowest BCUT2D eigenvalue weighted by atomic mass is 10.1. The van der Waals surface area contributed by atoms with Gasteiger partial charge in [0.2, 0.25) is 0 Å². The van der Waals surface area contributed by atoms with Crippen LogP contribution in [0.3, 0.4) is 0 Å². The largest absolute Gasteiger partial charge is 0.457 e. The topological polar surface area (TPSA) is 72.3 Å². The molecule has 0 saturated heterocycles. The zero-order chi connectivity index (χ0) is 18.5. The molecule has 0 spiro atoms. The predicted octanol–water partition coefficient (Wildman–Crippen LogP) is 4.09. The molecule has 1 heterocycles. The number of hydrogen-bond donors (Lipinski definition) is 1. The molecule has 1 N–H and O–H groups in total. The van der Waals surface area contributed by atoms with Crippen LogP contribution in [0.5, 0.6) is 11.5 Å². The number of carbonyl (C=O) groups excluding carboxylic acids is 1. The Bertz CT molecular complexity index is 896. The van der Waals surface area contributed by atoms with Crippen LogP contribution in [-0.4, -0.2) is 20.9 Å². The minimum absolute atomic E-state index is 0.232. The molecule has 0 amide bonds. The number of nitrogens with zero attached hydrogens (tertiary/aromatic N) is 2. The van der Waals surface area contributed by atoms with Crippen molar-refractivity contribution < 1.29 is 19.0 Å². The Labute approximate surface area is 150 Å². The van der Waals surface area contributed by atoms with E-state index in [9.17, 15) is 14.3 Å². The summed E-state index contributed by atoms with van der Waals surface area (Å²) in [5.41, 5.74) is 0.989. The van der Waals surface area contributed by atoms with Crippen LogP contribution in [0.25, 0.3) is 11.4 Å². The molecule has 1 atom stereocenters. The highest BCUT2D eigenvalue weighted by molar-refractivity contribution is 5.83. The van der Waals surface area contributed by atoms with E-state index in [4.69, 9.17) is 4.74 Å². The highest BCUT2D eigenvalue weighted by Crippen LogP contribution is 2.25. The van der Waals surface area contributed by atoms with Gasteiger partial charge in [0.15, 0.2) is 17.7 Å². The second-order valence-electron chi connectivity index (χ2n) is 5.61. The second kappa shape index (κ2) is 7.84. The van der Waals surface area contributed by atoms with Crippen LogP contribution in [0, 0.1) is 5.82 Å². The molecule has 6 heteroatoms. The van der Waals surface area contributed by atoms with Crippen molar-refractivity contribution in [3.8, 4) is 22.9 Å². The van der Waals surface area contributed by atoms with Gasteiger partial charge in [0.1, 0.15) is 17.3 Å². The number of halogens is 1. The van der Waals surface area contributed by atoms with E-state index in [0.717, 1.165) is 5.56 Å². The highest BCUT2D eigenvalue weighted by atomic mass is 19.1. The summed E-state index contributed by atoms with van der Waals surface area (Å²) in [6, 6.07) is 14.3. The molecule has 0 bridgehead atoms. The number of aliphatic hydroxyl groups excluding tert-OH is 1. The second-order valence-corrected chi connectivity index (χ2v) is 5.61. The first kappa shape index (κ1) is 17.7. The number of carbonyl (C=O) groups is 1. The van der Waals surface area contributed by atoms with Crippen molar-refractivity contribution in [2.45, 2.75) is 19.4 Å². The van der Waals surface area contributed by atoms with Gasteiger partial charge in [-0.1, -0.05) is 6.92 Å². The van der Waals surface area contributed by atoms with Crippen molar-refractivity contribution in [2.24, 2.45) is 0 Å². The fourth-order valence-electron chi connectivity index (χ4n) is 2.33. The summed E-state index contributed by atoms with van der Waals surface area (Å²) in [5.74, 6) is 0.890. The minimum atomic E-state index is -1.25. The Hall–Kier alpha value is -3.12. The maximum Gasteiger partial charge on any atom is 0.167 e. The Morgan fingerprint density at radius 1 is 1.08 bits per heavy atom. The fraction of sp³-hybridized carbons (Fsp3) is 0.150. The molecule has 0 aliphatic carbocycles. The van der Waals surface area contributed by atoms with E-state index in [1.54, 1.807) is 43.3 Å². The normalized spacial score (nSPS) is 11.8. The molecule has 0 saturated carbocycles. The van der Waals surface area contributed by atoms with Crippen LogP contribution in [0.4, 0.5) is 4.39 Å². The molecular formula is C20H17FN2O3. The van der Waals surface area contributed by atoms with Gasteiger partial charge < -0.3 is 9.84 Å². The van der Waals surface area contributed by atoms with Crippen LogP contribution in [-0.2, 0) is 4.79 Å². The molecule has 3 aromatic rings. The first-order chi connectivity index (χ1) is 12.6. The summed E-state index contributed by atoms with van der Waals surface area (Å²) in [4.78, 5) is 20.1. The van der Waals surface area contributed by atoms with Crippen LogP contribution in [0.1, 0.15) is 25.1 Å². The summed E-state index contributed by atoms with van der Waals surface area (Å²) < 4.78 is 18.6. The van der Waals surface area contributed by atoms with Gasteiger partial charge in [-0.2, -0.15) is 0 Å². The number of aromatic nitrogens is 2. The molecule has 0 unspecified atom stereocenters. The van der Waals surface area contributed by atoms with Crippen molar-refractivity contribution in [1.82, 2.24) is 9.97 Å². The van der Waals surface area contributed by atoms with Gasteiger partial charge in [0.05, 0.1) is 5.69 Å². The Morgan fingerprint density at radius 2 is 1.69 bits per heavy atom. The average Bonchev–Trinajstić information content (AvgIpc) is 2.69. The van der Waals surface area contributed by atoms with Gasteiger partial charge in [0.25, 0.3) is 0 Å². The van der Waals surface area contributed by atoms with E-state index >= 15 is 0 Å². The summed E-state index contributed by atoms with van der Waals surface area (Å²) in [6.45, 7) is 1.69. The molecule has 5 nitrogen and oxygen atoms in total. The fourth-order valence-corrected chi connectivity index (χ4v) is 2.33. The van der Waals surface area contributed by atoms with Gasteiger partial charge in [0, 0.05) is 18.2 Å². The lowest BCUT2D eigenvalue weighted by molar-refractivity contribution is -0.127. The van der Waals surface area contributed by atoms with Crippen molar-refractivity contribution in [3.63, 3.8) is 0 Å². The van der Waals surface area contributed by atoms with Gasteiger partial charge in [-0.3, -0.25) is 4.79 Å². The van der Waals surface area contributed by atoms with E-state index < -0.39 is 6.10 Å². The lowest BCUT2D eigenvalue weighted by Crippen LogP contribution is -2.12. The third-order valence-electron chi connectivity index (χ3n) is 3.77. The zero-order valence-corrected chi connectivity index (χ0v) is 14.1. The third kappa shape index (κ3) is 4.10. The maximum atomic E-state index is 12.9. The molecule has 0 fully saturated rings. The number of ketones is 1. The summed E-state index contributed by atoms with van der Waals surface area (Å²) in [6.07, 6.45) is 0.491. The average molecular weight is 352 g/mol. The third-order valence-corrected chi connectivity index (χ3v) is 3.77. The maximum absolute atomic E-state index is 12.9.